The predicted molar refractivity (Wildman–Crippen MR) is 112 cm³/mol. The molecule has 0 aliphatic rings. The van der Waals surface area contributed by atoms with Gasteiger partial charge in [-0.2, -0.15) is 26.3 Å². The highest BCUT2D eigenvalue weighted by Gasteiger charge is 2.35. The summed E-state index contributed by atoms with van der Waals surface area (Å²) in [6, 6.07) is 6.83. The second kappa shape index (κ2) is 9.07. The largest absolute Gasteiger partial charge is 0.418 e. The van der Waals surface area contributed by atoms with E-state index in [1.807, 2.05) is 0 Å². The first-order valence-electron chi connectivity index (χ1n) is 9.89. The van der Waals surface area contributed by atoms with Crippen molar-refractivity contribution in [1.82, 2.24) is 19.9 Å². The zero-order chi connectivity index (χ0) is 25.4. The third-order valence-corrected chi connectivity index (χ3v) is 5.02. The van der Waals surface area contributed by atoms with Crippen LogP contribution in [0.25, 0.3) is 22.2 Å². The van der Waals surface area contributed by atoms with Crippen molar-refractivity contribution >= 4 is 22.5 Å². The van der Waals surface area contributed by atoms with Crippen molar-refractivity contribution in [3.8, 4) is 11.3 Å². The van der Waals surface area contributed by atoms with Crippen LogP contribution >= 0.6 is 0 Å². The van der Waals surface area contributed by atoms with Crippen LogP contribution in [0.1, 0.15) is 22.8 Å². The number of nitrogens with one attached hydrogen (secondary N) is 1. The van der Waals surface area contributed by atoms with Crippen molar-refractivity contribution in [3.05, 3.63) is 71.8 Å². The van der Waals surface area contributed by atoms with Crippen LogP contribution in [0.4, 0.5) is 38.0 Å². The summed E-state index contributed by atoms with van der Waals surface area (Å²) in [4.78, 5) is 15.7. The van der Waals surface area contributed by atoms with Gasteiger partial charge in [0.15, 0.2) is 0 Å². The Morgan fingerprint density at radius 1 is 0.857 bits per heavy atom. The number of aromatic nitrogens is 4. The summed E-state index contributed by atoms with van der Waals surface area (Å²) < 4.78 is 79.3. The van der Waals surface area contributed by atoms with Crippen molar-refractivity contribution in [1.29, 1.82) is 0 Å². The number of nitrogens with zero attached hydrogens (tertiary/aromatic N) is 4. The number of halogens is 6. The van der Waals surface area contributed by atoms with Crippen LogP contribution < -0.4 is 5.32 Å². The number of anilines is 2. The van der Waals surface area contributed by atoms with Gasteiger partial charge in [0, 0.05) is 28.9 Å². The van der Waals surface area contributed by atoms with E-state index in [4.69, 9.17) is 5.11 Å². The lowest BCUT2D eigenvalue weighted by molar-refractivity contribution is -0.138. The molecule has 0 aliphatic heterocycles. The van der Waals surface area contributed by atoms with Gasteiger partial charge < -0.3 is 15.5 Å². The second-order valence-electron chi connectivity index (χ2n) is 7.37. The van der Waals surface area contributed by atoms with Crippen LogP contribution in [-0.4, -0.2) is 36.8 Å². The molecule has 182 valence electrons. The maximum Gasteiger partial charge on any atom is 0.418 e. The standard InChI is InChI=1S/C22H15F6N5O2/c23-21(24,25)13-2-4-18(29-8-13)33-20-14-3-1-11(6-16(14)31-10-32-20)19-15(22(26,27)28)5-12(7-30-19)17(35)9-34/h1-8,10,17,34-35H,9H2,(H,29,31,32,33)/t17-/m1/s1. The SMILES string of the molecule is OC[C@@H](O)c1cnc(-c2ccc3c(Nc4ccc(C(F)(F)F)cn4)ncnc3c2)c(C(F)(F)F)c1. The van der Waals surface area contributed by atoms with Crippen molar-refractivity contribution in [3.63, 3.8) is 0 Å². The zero-order valence-corrected chi connectivity index (χ0v) is 17.4. The monoisotopic (exact) mass is 495 g/mol. The normalized spacial score (nSPS) is 13.1. The van der Waals surface area contributed by atoms with E-state index in [0.717, 1.165) is 30.7 Å². The number of alkyl halides is 6. The molecule has 1 aromatic carbocycles. The molecular weight excluding hydrogens is 480 g/mol. The molecule has 0 aliphatic carbocycles. The zero-order valence-electron chi connectivity index (χ0n) is 17.4. The van der Waals surface area contributed by atoms with Gasteiger partial charge in [-0.05, 0) is 30.3 Å². The molecule has 3 aromatic heterocycles. The van der Waals surface area contributed by atoms with E-state index in [1.54, 1.807) is 0 Å². The lowest BCUT2D eigenvalue weighted by Crippen LogP contribution is -2.12. The van der Waals surface area contributed by atoms with Crippen LogP contribution in [0.2, 0.25) is 0 Å². The lowest BCUT2D eigenvalue weighted by Gasteiger charge is -2.16. The topological polar surface area (TPSA) is 104 Å². The molecule has 35 heavy (non-hydrogen) atoms. The average Bonchev–Trinajstić information content (AvgIpc) is 2.82. The quantitative estimate of drug-likeness (QED) is 0.339. The highest BCUT2D eigenvalue weighted by Crippen LogP contribution is 2.38. The molecular formula is C22H15F6N5O2. The van der Waals surface area contributed by atoms with Crippen molar-refractivity contribution in [2.75, 3.05) is 11.9 Å². The minimum Gasteiger partial charge on any atom is -0.393 e. The fourth-order valence-corrected chi connectivity index (χ4v) is 3.28. The van der Waals surface area contributed by atoms with Crippen LogP contribution in [0, 0.1) is 0 Å². The van der Waals surface area contributed by atoms with E-state index in [2.05, 4.69) is 25.3 Å². The molecule has 0 fully saturated rings. The van der Waals surface area contributed by atoms with Gasteiger partial charge in [-0.1, -0.05) is 6.07 Å². The molecule has 0 amide bonds. The van der Waals surface area contributed by atoms with E-state index >= 15 is 0 Å². The molecule has 1 atom stereocenters. The minimum absolute atomic E-state index is 0.0705. The molecule has 7 nitrogen and oxygen atoms in total. The Hall–Kier alpha value is -3.84. The Kier molecular flexibility index (Phi) is 6.30. The summed E-state index contributed by atoms with van der Waals surface area (Å²) in [6.45, 7) is -0.769. The molecule has 3 N–H and O–H groups in total. The van der Waals surface area contributed by atoms with Crippen LogP contribution in [0.5, 0.6) is 0 Å². The Bertz CT molecular complexity index is 1360. The Morgan fingerprint density at radius 2 is 1.63 bits per heavy atom. The molecule has 4 aromatic rings. The summed E-state index contributed by atoms with van der Waals surface area (Å²) >= 11 is 0. The Labute approximate surface area is 193 Å². The van der Waals surface area contributed by atoms with Crippen LogP contribution in [0.15, 0.2) is 55.1 Å². The van der Waals surface area contributed by atoms with E-state index in [0.29, 0.717) is 11.6 Å². The van der Waals surface area contributed by atoms with Gasteiger partial charge in [-0.25, -0.2) is 15.0 Å². The number of fused-ring (bicyclic) bond motifs is 1. The van der Waals surface area contributed by atoms with Crippen LogP contribution in [-0.2, 0) is 12.4 Å². The number of benzene rings is 1. The first-order valence-corrected chi connectivity index (χ1v) is 9.89. The maximum absolute atomic E-state index is 13.7. The maximum atomic E-state index is 13.7. The third-order valence-electron chi connectivity index (χ3n) is 5.02. The van der Waals surface area contributed by atoms with Crippen LogP contribution in [0.3, 0.4) is 0 Å². The van der Waals surface area contributed by atoms with Gasteiger partial charge in [0.1, 0.15) is 24.1 Å². The molecule has 0 saturated heterocycles. The molecule has 13 heteroatoms. The van der Waals surface area contributed by atoms with Crippen molar-refractivity contribution < 1.29 is 36.6 Å². The summed E-state index contributed by atoms with van der Waals surface area (Å²) in [6.07, 6.45) is -8.02. The number of rotatable bonds is 5. The number of hydrogen-bond acceptors (Lipinski definition) is 7. The van der Waals surface area contributed by atoms with E-state index in [1.165, 1.54) is 18.2 Å². The fraction of sp³-hybridized carbons (Fsp3) is 0.182. The average molecular weight is 495 g/mol. The van der Waals surface area contributed by atoms with E-state index in [9.17, 15) is 31.4 Å². The highest BCUT2D eigenvalue weighted by atomic mass is 19.4. The number of aliphatic hydroxyl groups excluding tert-OH is 2. The number of aliphatic hydroxyl groups is 2. The van der Waals surface area contributed by atoms with Gasteiger partial charge in [0.25, 0.3) is 0 Å². The summed E-state index contributed by atoms with van der Waals surface area (Å²) in [5.74, 6) is 0.250. The summed E-state index contributed by atoms with van der Waals surface area (Å²) in [5.41, 5.74) is -2.32. The molecule has 4 rings (SSSR count). The summed E-state index contributed by atoms with van der Waals surface area (Å²) in [7, 11) is 0. The summed E-state index contributed by atoms with van der Waals surface area (Å²) in [5, 5.41) is 21.9. The van der Waals surface area contributed by atoms with Crippen molar-refractivity contribution in [2.24, 2.45) is 0 Å². The Morgan fingerprint density at radius 3 is 2.26 bits per heavy atom. The first kappa shape index (κ1) is 24.3. The smallest absolute Gasteiger partial charge is 0.393 e. The van der Waals surface area contributed by atoms with Gasteiger partial charge in [-0.15, -0.1) is 0 Å². The first-order chi connectivity index (χ1) is 16.5. The molecule has 0 bridgehead atoms. The van der Waals surface area contributed by atoms with Gasteiger partial charge in [0.05, 0.1) is 28.9 Å². The minimum atomic E-state index is -4.80. The van der Waals surface area contributed by atoms with E-state index in [-0.39, 0.29) is 28.3 Å². The molecule has 0 unspecified atom stereocenters. The van der Waals surface area contributed by atoms with Gasteiger partial charge in [0.2, 0.25) is 0 Å². The number of hydrogen-bond donors (Lipinski definition) is 3. The fourth-order valence-electron chi connectivity index (χ4n) is 3.28. The molecule has 0 saturated carbocycles. The third kappa shape index (κ3) is 5.15. The lowest BCUT2D eigenvalue weighted by atomic mass is 10.0. The molecule has 3 heterocycles. The molecule has 0 radical (unpaired) electrons. The van der Waals surface area contributed by atoms with Gasteiger partial charge >= 0.3 is 12.4 Å². The molecule has 0 spiro atoms. The number of pyridine rings is 2. The Balaban J connectivity index is 1.72. The second-order valence-corrected chi connectivity index (χ2v) is 7.37. The van der Waals surface area contributed by atoms with E-state index < -0.39 is 41.9 Å². The predicted octanol–water partition coefficient (Wildman–Crippen LogP) is 4.89. The van der Waals surface area contributed by atoms with Crippen molar-refractivity contribution in [2.45, 2.75) is 18.5 Å². The van der Waals surface area contributed by atoms with Gasteiger partial charge in [-0.3, -0.25) is 4.98 Å². The highest BCUT2D eigenvalue weighted by molar-refractivity contribution is 5.93.